The molecule has 3 rings (SSSR count). The van der Waals surface area contributed by atoms with Crippen LogP contribution in [0.25, 0.3) is 0 Å². The van der Waals surface area contributed by atoms with Crippen LogP contribution in [0.4, 0.5) is 5.69 Å². The summed E-state index contributed by atoms with van der Waals surface area (Å²) in [5.41, 5.74) is 1.33. The number of anilines is 1. The van der Waals surface area contributed by atoms with Gasteiger partial charge in [0.25, 0.3) is 10.0 Å². The van der Waals surface area contributed by atoms with E-state index in [0.29, 0.717) is 18.0 Å². The summed E-state index contributed by atoms with van der Waals surface area (Å²) < 4.78 is 33.6. The maximum absolute atomic E-state index is 12.2. The van der Waals surface area contributed by atoms with Gasteiger partial charge in [-0.2, -0.15) is 8.42 Å². The number of fused-ring (bicyclic) bond motifs is 1. The summed E-state index contributed by atoms with van der Waals surface area (Å²) in [5.74, 6) is 0.419. The average Bonchev–Trinajstić information content (AvgIpc) is 2.60. The number of nitrogens with zero attached hydrogens (tertiary/aromatic N) is 2. The largest absolute Gasteiger partial charge is 0.489 e. The van der Waals surface area contributed by atoms with Gasteiger partial charge >= 0.3 is 0 Å². The van der Waals surface area contributed by atoms with Gasteiger partial charge in [0.15, 0.2) is 0 Å². The van der Waals surface area contributed by atoms with Gasteiger partial charge in [0.1, 0.15) is 29.8 Å². The molecular weight excluding hydrogens is 328 g/mol. The lowest BCUT2D eigenvalue weighted by Gasteiger charge is -2.29. The lowest BCUT2D eigenvalue weighted by atomic mass is 10.2. The number of sulfonamides is 1. The molecule has 1 unspecified atom stereocenters. The normalized spacial score (nSPS) is 16.5. The summed E-state index contributed by atoms with van der Waals surface area (Å²) in [4.78, 5) is 1.38. The van der Waals surface area contributed by atoms with Crippen LogP contribution in [0.15, 0.2) is 57.8 Å². The van der Waals surface area contributed by atoms with Crippen LogP contribution >= 0.6 is 0 Å². The Balaban J connectivity index is 1.89. The summed E-state index contributed by atoms with van der Waals surface area (Å²) in [6.45, 7) is 3.95. The number of hydrogen-bond acceptors (Lipinski definition) is 5. The molecule has 0 bridgehead atoms. The van der Waals surface area contributed by atoms with E-state index in [1.54, 1.807) is 12.1 Å². The highest BCUT2D eigenvalue weighted by atomic mass is 32.2. The molecule has 6 nitrogen and oxygen atoms in total. The zero-order chi connectivity index (χ0) is 17.2. The van der Waals surface area contributed by atoms with Crippen molar-refractivity contribution in [2.45, 2.75) is 24.2 Å². The summed E-state index contributed by atoms with van der Waals surface area (Å²) in [6.07, 6.45) is 0.356. The molecule has 2 aromatic carbocycles. The standard InChI is InChI=1S/C17H17N2O4S/c1-2-17(20)19-12-18-24(21,22)16-10-14(8-9-15(16)19)23-11-13-6-4-3-5-7-13/h3-10,12,17,20H,1-2,11H2. The van der Waals surface area contributed by atoms with Gasteiger partial charge in [-0.05, 0) is 31.0 Å². The molecule has 1 aliphatic rings. The van der Waals surface area contributed by atoms with E-state index in [4.69, 9.17) is 4.74 Å². The Hall–Kier alpha value is -2.38. The third-order valence-corrected chi connectivity index (χ3v) is 4.88. The van der Waals surface area contributed by atoms with Crippen LogP contribution in [0.5, 0.6) is 5.75 Å². The highest BCUT2D eigenvalue weighted by Gasteiger charge is 2.28. The van der Waals surface area contributed by atoms with E-state index in [0.717, 1.165) is 11.9 Å². The predicted octanol–water partition coefficient (Wildman–Crippen LogP) is 2.35. The van der Waals surface area contributed by atoms with Crippen LogP contribution in [0, 0.1) is 6.92 Å². The van der Waals surface area contributed by atoms with Gasteiger partial charge in [0.05, 0.1) is 5.69 Å². The molecule has 1 N–H and O–H groups in total. The molecule has 0 aromatic heterocycles. The van der Waals surface area contributed by atoms with E-state index in [9.17, 15) is 13.5 Å². The molecule has 1 heterocycles. The van der Waals surface area contributed by atoms with E-state index < -0.39 is 16.3 Å². The minimum atomic E-state index is -3.81. The van der Waals surface area contributed by atoms with Gasteiger partial charge in [0, 0.05) is 6.07 Å². The number of ether oxygens (including phenoxy) is 1. The SMILES string of the molecule is [CH2]CC(O)N1C=NS(=O)(=O)c2cc(OCc3ccccc3)ccc21. The van der Waals surface area contributed by atoms with E-state index in [1.807, 2.05) is 30.3 Å². The topological polar surface area (TPSA) is 79.2 Å². The lowest BCUT2D eigenvalue weighted by molar-refractivity contribution is 0.187. The zero-order valence-electron chi connectivity index (χ0n) is 12.9. The molecule has 0 saturated heterocycles. The van der Waals surface area contributed by atoms with Crippen molar-refractivity contribution in [2.24, 2.45) is 4.40 Å². The fraction of sp³-hybridized carbons (Fsp3) is 0.176. The molecule has 24 heavy (non-hydrogen) atoms. The molecule has 2 aromatic rings. The molecule has 0 saturated carbocycles. The van der Waals surface area contributed by atoms with E-state index in [-0.39, 0.29) is 11.3 Å². The molecule has 0 aliphatic carbocycles. The highest BCUT2D eigenvalue weighted by molar-refractivity contribution is 7.90. The number of aliphatic hydroxyl groups excluding tert-OH is 1. The first-order chi connectivity index (χ1) is 11.5. The van der Waals surface area contributed by atoms with Crippen LogP contribution < -0.4 is 9.64 Å². The Kier molecular flexibility index (Phi) is 4.55. The fourth-order valence-corrected chi connectivity index (χ4v) is 3.40. The van der Waals surface area contributed by atoms with Crippen molar-refractivity contribution < 1.29 is 18.3 Å². The first-order valence-electron chi connectivity index (χ1n) is 7.38. The second-order valence-electron chi connectivity index (χ2n) is 5.28. The quantitative estimate of drug-likeness (QED) is 0.900. The highest BCUT2D eigenvalue weighted by Crippen LogP contribution is 2.34. The van der Waals surface area contributed by atoms with Crippen molar-refractivity contribution in [1.82, 2.24) is 0 Å². The number of aliphatic hydroxyl groups is 1. The minimum Gasteiger partial charge on any atom is -0.489 e. The third kappa shape index (κ3) is 3.27. The molecular formula is C17H17N2O4S. The maximum atomic E-state index is 12.2. The van der Waals surface area contributed by atoms with Crippen LogP contribution in [0.1, 0.15) is 12.0 Å². The number of benzene rings is 2. The molecule has 7 heteroatoms. The van der Waals surface area contributed by atoms with Crippen LogP contribution in [0.2, 0.25) is 0 Å². The van der Waals surface area contributed by atoms with Gasteiger partial charge < -0.3 is 14.7 Å². The van der Waals surface area contributed by atoms with Crippen LogP contribution in [-0.2, 0) is 16.6 Å². The second kappa shape index (κ2) is 6.62. The summed E-state index contributed by atoms with van der Waals surface area (Å²) in [5, 5.41) is 9.97. The van der Waals surface area contributed by atoms with Crippen molar-refractivity contribution in [1.29, 1.82) is 0 Å². The van der Waals surface area contributed by atoms with Crippen LogP contribution in [0.3, 0.4) is 0 Å². The van der Waals surface area contributed by atoms with E-state index in [2.05, 4.69) is 11.3 Å². The van der Waals surface area contributed by atoms with E-state index >= 15 is 0 Å². The Morgan fingerprint density at radius 2 is 1.96 bits per heavy atom. The van der Waals surface area contributed by atoms with Crippen molar-refractivity contribution >= 4 is 22.0 Å². The molecule has 1 atom stereocenters. The summed E-state index contributed by atoms with van der Waals surface area (Å²) >= 11 is 0. The molecule has 125 valence electrons. The first-order valence-corrected chi connectivity index (χ1v) is 8.82. The van der Waals surface area contributed by atoms with Gasteiger partial charge in [-0.3, -0.25) is 0 Å². The third-order valence-electron chi connectivity index (χ3n) is 3.63. The molecule has 1 aliphatic heterocycles. The minimum absolute atomic E-state index is 0.00283. The maximum Gasteiger partial charge on any atom is 0.285 e. The van der Waals surface area contributed by atoms with Gasteiger partial charge in [0.2, 0.25) is 0 Å². The molecule has 1 radical (unpaired) electrons. The van der Waals surface area contributed by atoms with Crippen molar-refractivity contribution in [3.8, 4) is 5.75 Å². The van der Waals surface area contributed by atoms with Gasteiger partial charge in [-0.15, -0.1) is 4.40 Å². The number of rotatable bonds is 5. The molecule has 0 spiro atoms. The predicted molar refractivity (Wildman–Crippen MR) is 91.4 cm³/mol. The van der Waals surface area contributed by atoms with Crippen molar-refractivity contribution in [2.75, 3.05) is 4.90 Å². The van der Waals surface area contributed by atoms with Crippen LogP contribution in [-0.4, -0.2) is 26.1 Å². The van der Waals surface area contributed by atoms with Crippen molar-refractivity contribution in [3.63, 3.8) is 0 Å². The first kappa shape index (κ1) is 16.5. The van der Waals surface area contributed by atoms with Gasteiger partial charge in [-0.1, -0.05) is 30.3 Å². The monoisotopic (exact) mass is 345 g/mol. The lowest BCUT2D eigenvalue weighted by Crippen LogP contribution is -2.36. The summed E-state index contributed by atoms with van der Waals surface area (Å²) in [7, 11) is -3.81. The zero-order valence-corrected chi connectivity index (χ0v) is 13.7. The Bertz CT molecular complexity index is 850. The molecule has 0 amide bonds. The Morgan fingerprint density at radius 3 is 2.67 bits per heavy atom. The summed E-state index contributed by atoms with van der Waals surface area (Å²) in [6, 6.07) is 14.3. The Labute approximate surface area is 141 Å². The smallest absolute Gasteiger partial charge is 0.285 e. The van der Waals surface area contributed by atoms with Crippen molar-refractivity contribution in [3.05, 3.63) is 61.0 Å². The molecule has 0 fully saturated rings. The van der Waals surface area contributed by atoms with E-state index in [1.165, 1.54) is 11.0 Å². The van der Waals surface area contributed by atoms with Gasteiger partial charge in [-0.25, -0.2) is 0 Å². The fourth-order valence-electron chi connectivity index (χ4n) is 2.35. The second-order valence-corrected chi connectivity index (χ2v) is 6.88. The average molecular weight is 345 g/mol. The number of hydrogen-bond donors (Lipinski definition) is 1. The Morgan fingerprint density at radius 1 is 1.21 bits per heavy atom.